The standard InChI is InChI=1S/C20H36O4.3Na.H3O4P/c1-3-5-7-9-11-13-17-23-19(21)15-16-20(22)24-18-14-12-10-8-6-4-2;;;;1-5(2,3)4/h15-16H,3-14,17-18H2,1-2H3;;;;(H3,1,2,3,4)/q;3*+1;/p-3/b16-15-;;;;. The van der Waals surface area contributed by atoms with Gasteiger partial charge in [-0.1, -0.05) is 78.1 Å². The molecule has 0 aliphatic heterocycles. The average molecular weight is 504 g/mol. The molecule has 0 atom stereocenters. The number of carbonyl (C=O) groups is 2. The zero-order valence-corrected chi connectivity index (χ0v) is 27.7. The predicted octanol–water partition coefficient (Wildman–Crippen LogP) is -6.46. The molecule has 172 valence electrons. The molecule has 0 aliphatic rings. The number of hydrogen-bond acceptors (Lipinski definition) is 8. The van der Waals surface area contributed by atoms with E-state index in [-0.39, 0.29) is 88.7 Å². The third kappa shape index (κ3) is 49.0. The van der Waals surface area contributed by atoms with Crippen molar-refractivity contribution < 1.29 is 127 Å². The first-order valence-electron chi connectivity index (χ1n) is 10.4. The normalized spacial score (nSPS) is 10.0. The summed E-state index contributed by atoms with van der Waals surface area (Å²) in [5.74, 6) is -0.944. The van der Waals surface area contributed by atoms with Crippen LogP contribution >= 0.6 is 7.82 Å². The molecule has 0 fully saturated rings. The summed E-state index contributed by atoms with van der Waals surface area (Å²) in [6, 6.07) is 0. The van der Waals surface area contributed by atoms with E-state index in [0.717, 1.165) is 37.8 Å². The fourth-order valence-corrected chi connectivity index (χ4v) is 2.34. The smallest absolute Gasteiger partial charge is 0.822 e. The molecule has 0 heterocycles. The molecule has 0 spiro atoms. The van der Waals surface area contributed by atoms with Crippen LogP contribution < -0.4 is 103 Å². The van der Waals surface area contributed by atoms with Crippen LogP contribution in [0.5, 0.6) is 0 Å². The third-order valence-corrected chi connectivity index (χ3v) is 3.84. The van der Waals surface area contributed by atoms with E-state index in [9.17, 15) is 9.59 Å². The van der Waals surface area contributed by atoms with Gasteiger partial charge in [0.25, 0.3) is 0 Å². The molecular weight excluding hydrogens is 468 g/mol. The summed E-state index contributed by atoms with van der Waals surface area (Å²) >= 11 is 0. The predicted molar refractivity (Wildman–Crippen MR) is 105 cm³/mol. The van der Waals surface area contributed by atoms with Crippen LogP contribution in [0.15, 0.2) is 12.2 Å². The minimum atomic E-state index is -5.39. The molecule has 0 saturated carbocycles. The molecule has 0 aromatic rings. The van der Waals surface area contributed by atoms with Crippen LogP contribution in [0.1, 0.15) is 90.9 Å². The number of hydrogen-bond donors (Lipinski definition) is 0. The monoisotopic (exact) mass is 504 g/mol. The van der Waals surface area contributed by atoms with Gasteiger partial charge in [-0.15, -0.1) is 0 Å². The van der Waals surface area contributed by atoms with Gasteiger partial charge in [-0.25, -0.2) is 9.59 Å². The second kappa shape index (κ2) is 32.8. The van der Waals surface area contributed by atoms with Crippen molar-refractivity contribution in [3.8, 4) is 0 Å². The first-order chi connectivity index (χ1) is 13.7. The maximum absolute atomic E-state index is 11.4. The van der Waals surface area contributed by atoms with Gasteiger partial charge in [-0.05, 0) is 12.8 Å². The minimum Gasteiger partial charge on any atom is -0.822 e. The van der Waals surface area contributed by atoms with E-state index in [1.165, 1.54) is 51.4 Å². The molecule has 12 heteroatoms. The van der Waals surface area contributed by atoms with Crippen molar-refractivity contribution in [2.75, 3.05) is 13.2 Å². The zero-order valence-electron chi connectivity index (χ0n) is 20.8. The van der Waals surface area contributed by atoms with Crippen LogP contribution in [0.3, 0.4) is 0 Å². The largest absolute Gasteiger partial charge is 1.00 e. The van der Waals surface area contributed by atoms with Crippen LogP contribution in [0.25, 0.3) is 0 Å². The van der Waals surface area contributed by atoms with Crippen molar-refractivity contribution in [3.63, 3.8) is 0 Å². The molecule has 0 N–H and O–H groups in total. The Morgan fingerprint density at radius 3 is 1.16 bits per heavy atom. The van der Waals surface area contributed by atoms with Gasteiger partial charge in [0.2, 0.25) is 0 Å². The van der Waals surface area contributed by atoms with Crippen molar-refractivity contribution in [3.05, 3.63) is 12.2 Å². The molecule has 0 aromatic heterocycles. The Labute approximate surface area is 260 Å². The summed E-state index contributed by atoms with van der Waals surface area (Å²) in [6.45, 7) is 5.21. The Kier molecular flexibility index (Phi) is 44.9. The van der Waals surface area contributed by atoms with Gasteiger partial charge in [-0.3, -0.25) is 0 Å². The topological polar surface area (TPSA) is 139 Å². The van der Waals surface area contributed by atoms with E-state index in [1.54, 1.807) is 0 Å². The Bertz CT molecular complexity index is 447. The molecule has 0 amide bonds. The molecule has 0 aliphatic carbocycles. The van der Waals surface area contributed by atoms with Gasteiger partial charge in [-0.2, -0.15) is 7.82 Å². The summed E-state index contributed by atoms with van der Waals surface area (Å²) in [4.78, 5) is 48.5. The number of phosphoric acid groups is 1. The van der Waals surface area contributed by atoms with E-state index >= 15 is 0 Å². The molecule has 32 heavy (non-hydrogen) atoms. The van der Waals surface area contributed by atoms with E-state index < -0.39 is 19.8 Å². The first-order valence-corrected chi connectivity index (χ1v) is 11.9. The van der Waals surface area contributed by atoms with Crippen LogP contribution in [0.2, 0.25) is 0 Å². The Morgan fingerprint density at radius 1 is 0.625 bits per heavy atom. The quantitative estimate of drug-likeness (QED) is 0.0665. The molecule has 0 radical (unpaired) electrons. The summed E-state index contributed by atoms with van der Waals surface area (Å²) in [5.41, 5.74) is 0. The molecule has 0 unspecified atom stereocenters. The van der Waals surface area contributed by atoms with Gasteiger partial charge in [0, 0.05) is 12.2 Å². The second-order valence-corrected chi connectivity index (χ2v) is 7.55. The van der Waals surface area contributed by atoms with Crippen molar-refractivity contribution in [2.24, 2.45) is 0 Å². The van der Waals surface area contributed by atoms with Gasteiger partial charge >= 0.3 is 101 Å². The molecule has 0 bridgehead atoms. The zero-order chi connectivity index (χ0) is 22.4. The van der Waals surface area contributed by atoms with Crippen LogP contribution in [0, 0.1) is 0 Å². The summed E-state index contributed by atoms with van der Waals surface area (Å²) in [5, 5.41) is 0. The minimum absolute atomic E-state index is 0. The summed E-state index contributed by atoms with van der Waals surface area (Å²) < 4.78 is 18.6. The fraction of sp³-hybridized carbons (Fsp3) is 0.800. The number of esters is 2. The van der Waals surface area contributed by atoms with Crippen LogP contribution in [0.4, 0.5) is 0 Å². The van der Waals surface area contributed by atoms with Crippen molar-refractivity contribution in [1.82, 2.24) is 0 Å². The Balaban J connectivity index is -0.000000272. The fourth-order valence-electron chi connectivity index (χ4n) is 2.34. The number of rotatable bonds is 16. The van der Waals surface area contributed by atoms with Crippen LogP contribution in [-0.2, 0) is 23.6 Å². The molecule has 0 rings (SSSR count). The number of carbonyl (C=O) groups excluding carboxylic acids is 2. The second-order valence-electron chi connectivity index (χ2n) is 6.65. The summed E-state index contributed by atoms with van der Waals surface area (Å²) in [7, 11) is -5.39. The van der Waals surface area contributed by atoms with Gasteiger partial charge in [0.05, 0.1) is 13.2 Å². The third-order valence-electron chi connectivity index (χ3n) is 3.84. The van der Waals surface area contributed by atoms with Gasteiger partial charge in [0.15, 0.2) is 0 Å². The summed E-state index contributed by atoms with van der Waals surface area (Å²) in [6.07, 6.45) is 16.1. The average Bonchev–Trinajstić information content (AvgIpc) is 2.63. The Hall–Kier alpha value is 1.79. The van der Waals surface area contributed by atoms with E-state index in [2.05, 4.69) is 13.8 Å². The maximum Gasteiger partial charge on any atom is 1.00 e. The first kappa shape index (κ1) is 43.8. The van der Waals surface area contributed by atoms with Crippen LogP contribution in [-0.4, -0.2) is 25.2 Å². The van der Waals surface area contributed by atoms with E-state index in [0.29, 0.717) is 13.2 Å². The van der Waals surface area contributed by atoms with Gasteiger partial charge in [0.1, 0.15) is 0 Å². The van der Waals surface area contributed by atoms with E-state index in [4.69, 9.17) is 28.7 Å². The maximum atomic E-state index is 11.4. The molecule has 0 saturated heterocycles. The molecule has 0 aromatic carbocycles. The number of unbranched alkanes of at least 4 members (excludes halogenated alkanes) is 10. The van der Waals surface area contributed by atoms with Crippen molar-refractivity contribution in [1.29, 1.82) is 0 Å². The van der Waals surface area contributed by atoms with Gasteiger partial charge < -0.3 is 28.7 Å². The van der Waals surface area contributed by atoms with E-state index in [1.807, 2.05) is 0 Å². The van der Waals surface area contributed by atoms with Crippen molar-refractivity contribution >= 4 is 19.8 Å². The number of ether oxygens (including phenoxy) is 2. The van der Waals surface area contributed by atoms with Crippen molar-refractivity contribution in [2.45, 2.75) is 90.9 Å². The SMILES string of the molecule is CCCCCCCCOC(=O)/C=C\C(=O)OCCCCCCCC.O=P([O-])([O-])[O-].[Na+].[Na+].[Na+]. The Morgan fingerprint density at radius 2 is 0.875 bits per heavy atom. The molecule has 8 nitrogen and oxygen atoms in total. The molecular formula is C20H36Na3O8P.